The number of likely N-dealkylation sites (N-methyl/N-ethyl adjacent to an activating group) is 1. The molecule has 2 fully saturated rings. The van der Waals surface area contributed by atoms with Gasteiger partial charge in [0.15, 0.2) is 0 Å². The van der Waals surface area contributed by atoms with Crippen molar-refractivity contribution in [2.45, 2.75) is 237 Å². The zero-order valence-corrected chi connectivity index (χ0v) is 36.7. The molecule has 324 valence electrons. The van der Waals surface area contributed by atoms with E-state index < -0.39 is 0 Å². The van der Waals surface area contributed by atoms with Crippen molar-refractivity contribution in [3.8, 4) is 0 Å². The van der Waals surface area contributed by atoms with Crippen molar-refractivity contribution >= 4 is 5.97 Å². The summed E-state index contributed by atoms with van der Waals surface area (Å²) in [6.45, 7) is 7.82. The molecule has 2 rings (SSSR count). The Labute approximate surface area is 342 Å². The Kier molecular flexibility index (Phi) is 33.8. The zero-order chi connectivity index (χ0) is 39.3. The molecule has 6 heteroatoms. The van der Waals surface area contributed by atoms with Gasteiger partial charge >= 0.3 is 5.97 Å². The van der Waals surface area contributed by atoms with Crippen molar-refractivity contribution in [2.24, 2.45) is 11.8 Å². The van der Waals surface area contributed by atoms with E-state index in [1.807, 2.05) is 0 Å². The number of rotatable bonds is 21. The molecule has 0 heterocycles. The van der Waals surface area contributed by atoms with Gasteiger partial charge in [-0.15, -0.1) is 0 Å². The number of carbonyl (C=O) groups is 1. The van der Waals surface area contributed by atoms with Crippen LogP contribution in [0.1, 0.15) is 231 Å². The van der Waals surface area contributed by atoms with Crippen molar-refractivity contribution in [3.63, 3.8) is 0 Å². The minimum absolute atomic E-state index is 0.0692. The normalized spacial score (nSPS) is 20.1. The summed E-state index contributed by atoms with van der Waals surface area (Å²) in [5.74, 6) is 1.75. The fraction of sp³-hybridized carbons (Fsp3) is 0.939. The quantitative estimate of drug-likeness (QED) is 0.0711. The first-order valence-corrected chi connectivity index (χ1v) is 24.5. The summed E-state index contributed by atoms with van der Waals surface area (Å²) >= 11 is 0. The summed E-state index contributed by atoms with van der Waals surface area (Å²) < 4.78 is 17.8. The monoisotopic (exact) mass is 776 g/mol. The highest BCUT2D eigenvalue weighted by molar-refractivity contribution is 5.72. The Balaban J connectivity index is 1.69. The van der Waals surface area contributed by atoms with Gasteiger partial charge in [-0.05, 0) is 58.4 Å². The van der Waals surface area contributed by atoms with Gasteiger partial charge in [-0.2, -0.15) is 0 Å². The molecule has 0 saturated heterocycles. The lowest BCUT2D eigenvalue weighted by Gasteiger charge is -2.28. The minimum Gasteiger partial charge on any atom is -0.498 e. The maximum atomic E-state index is 13.1. The molecule has 55 heavy (non-hydrogen) atoms. The molecule has 0 aromatic heterocycles. The molecule has 2 aliphatic rings. The molecule has 0 aromatic carbocycles. The standard InChI is InChI=1S/C49H93NO5/c1-45(46-33-25-19-15-11-7-3-4-8-12-16-20-26-34-46)54-41-31-23-29-37-48(50(2)39-43-53-44-40-51)38-30-24-32-42-55-49(52)47-35-27-21-17-13-9-5-6-10-14-18-22-28-36-47/h46-48,51H,1,3-44H2,2H3. The van der Waals surface area contributed by atoms with Crippen LogP contribution >= 0.6 is 0 Å². The van der Waals surface area contributed by atoms with Crippen molar-refractivity contribution in [1.29, 1.82) is 0 Å². The van der Waals surface area contributed by atoms with Gasteiger partial charge < -0.3 is 24.2 Å². The van der Waals surface area contributed by atoms with E-state index in [0.29, 0.717) is 31.8 Å². The van der Waals surface area contributed by atoms with E-state index in [4.69, 9.17) is 19.3 Å². The Morgan fingerprint density at radius 2 is 0.909 bits per heavy atom. The summed E-state index contributed by atoms with van der Waals surface area (Å²) in [5.41, 5.74) is 0. The number of hydrogen-bond donors (Lipinski definition) is 1. The van der Waals surface area contributed by atoms with E-state index in [9.17, 15) is 4.79 Å². The van der Waals surface area contributed by atoms with Gasteiger partial charge in [0.2, 0.25) is 0 Å². The summed E-state index contributed by atoms with van der Waals surface area (Å²) in [6.07, 6.45) is 46.0. The van der Waals surface area contributed by atoms with E-state index in [-0.39, 0.29) is 18.5 Å². The first kappa shape index (κ1) is 50.0. The third kappa shape index (κ3) is 28.9. The van der Waals surface area contributed by atoms with E-state index in [2.05, 4.69) is 18.5 Å². The Bertz CT molecular complexity index is 774. The molecule has 1 unspecified atom stereocenters. The van der Waals surface area contributed by atoms with Crippen molar-refractivity contribution in [2.75, 3.05) is 46.6 Å². The topological polar surface area (TPSA) is 68.2 Å². The van der Waals surface area contributed by atoms with Crippen LogP contribution in [0, 0.1) is 11.8 Å². The first-order chi connectivity index (χ1) is 27.1. The van der Waals surface area contributed by atoms with Crippen LogP contribution < -0.4 is 0 Å². The van der Waals surface area contributed by atoms with Crippen LogP contribution in [0.3, 0.4) is 0 Å². The maximum Gasteiger partial charge on any atom is 0.308 e. The minimum atomic E-state index is 0.0692. The second kappa shape index (κ2) is 37.2. The number of allylic oxidation sites excluding steroid dienone is 1. The molecule has 0 amide bonds. The number of carbonyl (C=O) groups excluding carboxylic acids is 1. The molecule has 0 aromatic rings. The number of aliphatic hydroxyl groups is 1. The molecule has 0 spiro atoms. The van der Waals surface area contributed by atoms with Crippen LogP contribution in [0.4, 0.5) is 0 Å². The predicted molar refractivity (Wildman–Crippen MR) is 234 cm³/mol. The van der Waals surface area contributed by atoms with Gasteiger partial charge in [-0.1, -0.05) is 186 Å². The van der Waals surface area contributed by atoms with Crippen LogP contribution in [0.2, 0.25) is 0 Å². The molecule has 0 aliphatic heterocycles. The van der Waals surface area contributed by atoms with Crippen LogP contribution in [0.25, 0.3) is 0 Å². The van der Waals surface area contributed by atoms with Crippen molar-refractivity contribution in [3.05, 3.63) is 12.3 Å². The van der Waals surface area contributed by atoms with Gasteiger partial charge in [0.05, 0.1) is 44.7 Å². The molecule has 2 aliphatic carbocycles. The van der Waals surface area contributed by atoms with E-state index >= 15 is 0 Å². The van der Waals surface area contributed by atoms with E-state index in [1.165, 1.54) is 186 Å². The Morgan fingerprint density at radius 1 is 0.527 bits per heavy atom. The number of nitrogens with zero attached hydrogens (tertiary/aromatic N) is 1. The highest BCUT2D eigenvalue weighted by atomic mass is 16.5. The molecule has 1 atom stereocenters. The molecule has 2 saturated carbocycles. The van der Waals surface area contributed by atoms with Gasteiger partial charge in [-0.25, -0.2) is 0 Å². The molecular weight excluding hydrogens is 683 g/mol. The second-order valence-electron chi connectivity index (χ2n) is 17.7. The van der Waals surface area contributed by atoms with E-state index in [0.717, 1.165) is 63.9 Å². The summed E-state index contributed by atoms with van der Waals surface area (Å²) in [5, 5.41) is 9.13. The average molecular weight is 776 g/mol. The number of unbranched alkanes of at least 4 members (excludes halogenated alkanes) is 4. The number of esters is 1. The maximum absolute atomic E-state index is 13.1. The lowest BCUT2D eigenvalue weighted by Crippen LogP contribution is -2.34. The van der Waals surface area contributed by atoms with Gasteiger partial charge in [0.25, 0.3) is 0 Å². The van der Waals surface area contributed by atoms with Gasteiger partial charge in [0, 0.05) is 18.5 Å². The van der Waals surface area contributed by atoms with Crippen LogP contribution in [0.5, 0.6) is 0 Å². The molecular formula is C49H93NO5. The van der Waals surface area contributed by atoms with Crippen molar-refractivity contribution in [1.82, 2.24) is 4.90 Å². The molecule has 0 bridgehead atoms. The van der Waals surface area contributed by atoms with Crippen LogP contribution in [0.15, 0.2) is 12.3 Å². The smallest absolute Gasteiger partial charge is 0.308 e. The summed E-state index contributed by atoms with van der Waals surface area (Å²) in [7, 11) is 2.23. The number of hydrogen-bond acceptors (Lipinski definition) is 6. The lowest BCUT2D eigenvalue weighted by atomic mass is 9.93. The fourth-order valence-electron chi connectivity index (χ4n) is 9.02. The molecule has 1 N–H and O–H groups in total. The SMILES string of the molecule is C=C(OCCCCCC(CCCCCOC(=O)C1CCCCCCCCCCCCCC1)N(C)CCOCCO)C1CCCCCCCCCCCCCC1. The third-order valence-electron chi connectivity index (χ3n) is 12.8. The van der Waals surface area contributed by atoms with E-state index in [1.54, 1.807) is 0 Å². The first-order valence-electron chi connectivity index (χ1n) is 24.5. The highest BCUT2D eigenvalue weighted by Crippen LogP contribution is 2.27. The third-order valence-corrected chi connectivity index (χ3v) is 12.8. The average Bonchev–Trinajstić information content (AvgIpc) is 3.21. The number of ether oxygens (including phenoxy) is 3. The second-order valence-corrected chi connectivity index (χ2v) is 17.7. The summed E-state index contributed by atoms with van der Waals surface area (Å²) in [6, 6.07) is 0.513. The lowest BCUT2D eigenvalue weighted by molar-refractivity contribution is -0.149. The van der Waals surface area contributed by atoms with Crippen molar-refractivity contribution < 1.29 is 24.1 Å². The predicted octanol–water partition coefficient (Wildman–Crippen LogP) is 13.7. The van der Waals surface area contributed by atoms with Gasteiger partial charge in [0.1, 0.15) is 0 Å². The fourth-order valence-corrected chi connectivity index (χ4v) is 9.02. The Hall–Kier alpha value is -1.11. The zero-order valence-electron chi connectivity index (χ0n) is 36.7. The Morgan fingerprint density at radius 3 is 1.33 bits per heavy atom. The van der Waals surface area contributed by atoms with Crippen LogP contribution in [-0.2, 0) is 19.0 Å². The largest absolute Gasteiger partial charge is 0.498 e. The number of aliphatic hydroxyl groups excluding tert-OH is 1. The summed E-state index contributed by atoms with van der Waals surface area (Å²) in [4.78, 5) is 15.6. The molecule has 0 radical (unpaired) electrons. The van der Waals surface area contributed by atoms with Crippen LogP contribution in [-0.4, -0.2) is 68.6 Å². The van der Waals surface area contributed by atoms with Gasteiger partial charge in [-0.3, -0.25) is 4.79 Å². The highest BCUT2D eigenvalue weighted by Gasteiger charge is 2.20. The molecule has 6 nitrogen and oxygen atoms in total.